The molecule has 29 heavy (non-hydrogen) atoms. The van der Waals surface area contributed by atoms with E-state index in [0.717, 1.165) is 29.5 Å². The Bertz CT molecular complexity index is 872. The minimum Gasteiger partial charge on any atom is -0.496 e. The molecule has 3 atom stereocenters. The van der Waals surface area contributed by atoms with Crippen LogP contribution < -0.4 is 14.8 Å². The predicted molar refractivity (Wildman–Crippen MR) is 98.7 cm³/mol. The SMILES string of the molecule is COc1ccc([C@H]2C[C@@H]2C(=O)NC(C)c2cnc(OCC(F)(F)F)cn2)cc1C. The summed E-state index contributed by atoms with van der Waals surface area (Å²) in [5.41, 5.74) is 2.56. The van der Waals surface area contributed by atoms with Crippen LogP contribution >= 0.6 is 0 Å². The summed E-state index contributed by atoms with van der Waals surface area (Å²) in [6.07, 6.45) is -1.26. The topological polar surface area (TPSA) is 73.3 Å². The summed E-state index contributed by atoms with van der Waals surface area (Å²) < 4.78 is 46.3. The van der Waals surface area contributed by atoms with E-state index in [9.17, 15) is 18.0 Å². The van der Waals surface area contributed by atoms with Gasteiger partial charge >= 0.3 is 6.18 Å². The van der Waals surface area contributed by atoms with Crippen molar-refractivity contribution in [1.82, 2.24) is 15.3 Å². The smallest absolute Gasteiger partial charge is 0.422 e. The molecule has 0 saturated heterocycles. The Hall–Kier alpha value is -2.84. The first-order valence-corrected chi connectivity index (χ1v) is 9.14. The number of nitrogens with zero attached hydrogens (tertiary/aromatic N) is 2. The van der Waals surface area contributed by atoms with Gasteiger partial charge in [0.1, 0.15) is 5.75 Å². The number of alkyl halides is 3. The van der Waals surface area contributed by atoms with Crippen molar-refractivity contribution in [3.63, 3.8) is 0 Å². The molecule has 1 saturated carbocycles. The maximum Gasteiger partial charge on any atom is 0.422 e. The normalized spacial score (nSPS) is 19.4. The van der Waals surface area contributed by atoms with Gasteiger partial charge in [0.15, 0.2) is 6.61 Å². The fourth-order valence-electron chi connectivity index (χ4n) is 3.16. The molecule has 6 nitrogen and oxygen atoms in total. The zero-order valence-electron chi connectivity index (χ0n) is 16.3. The zero-order chi connectivity index (χ0) is 21.2. The number of hydrogen-bond acceptors (Lipinski definition) is 5. The summed E-state index contributed by atoms with van der Waals surface area (Å²) in [6, 6.07) is 5.48. The lowest BCUT2D eigenvalue weighted by Gasteiger charge is -2.14. The van der Waals surface area contributed by atoms with Crippen LogP contribution in [0.4, 0.5) is 13.2 Å². The van der Waals surface area contributed by atoms with Crippen molar-refractivity contribution >= 4 is 5.91 Å². The number of aromatic nitrogens is 2. The van der Waals surface area contributed by atoms with E-state index < -0.39 is 18.8 Å². The Kier molecular flexibility index (Phi) is 5.95. The molecule has 1 N–H and O–H groups in total. The van der Waals surface area contributed by atoms with Crippen molar-refractivity contribution in [2.24, 2.45) is 5.92 Å². The van der Waals surface area contributed by atoms with E-state index in [1.165, 1.54) is 6.20 Å². The Morgan fingerprint density at radius 1 is 1.31 bits per heavy atom. The minimum absolute atomic E-state index is 0.0878. The van der Waals surface area contributed by atoms with Crippen molar-refractivity contribution in [3.8, 4) is 11.6 Å². The number of methoxy groups -OCH3 is 1. The van der Waals surface area contributed by atoms with Crippen molar-refractivity contribution < 1.29 is 27.4 Å². The first-order valence-electron chi connectivity index (χ1n) is 9.14. The highest BCUT2D eigenvalue weighted by Gasteiger charge is 2.44. The number of ether oxygens (including phenoxy) is 2. The Morgan fingerprint density at radius 2 is 2.07 bits per heavy atom. The number of aryl methyl sites for hydroxylation is 1. The Balaban J connectivity index is 1.54. The number of carbonyl (C=O) groups is 1. The van der Waals surface area contributed by atoms with Gasteiger partial charge in [-0.05, 0) is 43.4 Å². The first kappa shape index (κ1) is 20.9. The fraction of sp³-hybridized carbons (Fsp3) is 0.450. The molecule has 1 aromatic carbocycles. The molecule has 156 valence electrons. The van der Waals surface area contributed by atoms with Crippen LogP contribution in [0.15, 0.2) is 30.6 Å². The van der Waals surface area contributed by atoms with Crippen LogP contribution in [0.3, 0.4) is 0 Å². The molecule has 0 radical (unpaired) electrons. The first-order chi connectivity index (χ1) is 13.7. The predicted octanol–water partition coefficient (Wildman–Crippen LogP) is 3.72. The Labute approximate surface area is 166 Å². The molecular formula is C20H22F3N3O3. The third-order valence-electron chi connectivity index (χ3n) is 4.81. The summed E-state index contributed by atoms with van der Waals surface area (Å²) in [4.78, 5) is 20.4. The van der Waals surface area contributed by atoms with Crippen LogP contribution in [-0.4, -0.2) is 35.8 Å². The molecule has 0 aliphatic heterocycles. The van der Waals surface area contributed by atoms with Crippen molar-refractivity contribution in [1.29, 1.82) is 0 Å². The molecule has 1 unspecified atom stereocenters. The highest BCUT2D eigenvalue weighted by Crippen LogP contribution is 2.48. The van der Waals surface area contributed by atoms with Crippen LogP contribution in [0.1, 0.15) is 42.1 Å². The Morgan fingerprint density at radius 3 is 2.66 bits per heavy atom. The molecule has 3 rings (SSSR count). The van der Waals surface area contributed by atoms with E-state index in [0.29, 0.717) is 5.69 Å². The number of rotatable bonds is 7. The van der Waals surface area contributed by atoms with Crippen LogP contribution in [0.5, 0.6) is 11.6 Å². The van der Waals surface area contributed by atoms with Crippen LogP contribution in [0.25, 0.3) is 0 Å². The number of benzene rings is 1. The number of hydrogen-bond donors (Lipinski definition) is 1. The maximum absolute atomic E-state index is 12.5. The monoisotopic (exact) mass is 409 g/mol. The fourth-order valence-corrected chi connectivity index (χ4v) is 3.16. The molecule has 9 heteroatoms. The maximum atomic E-state index is 12.5. The van der Waals surface area contributed by atoms with Gasteiger partial charge in [-0.25, -0.2) is 4.98 Å². The van der Waals surface area contributed by atoms with E-state index in [-0.39, 0.29) is 23.6 Å². The highest BCUT2D eigenvalue weighted by atomic mass is 19.4. The minimum atomic E-state index is -4.44. The number of amides is 1. The van der Waals surface area contributed by atoms with Gasteiger partial charge in [-0.3, -0.25) is 9.78 Å². The zero-order valence-corrected chi connectivity index (χ0v) is 16.3. The summed E-state index contributed by atoms with van der Waals surface area (Å²) >= 11 is 0. The average molecular weight is 409 g/mol. The van der Waals surface area contributed by atoms with Gasteiger partial charge in [-0.15, -0.1) is 0 Å². The summed E-state index contributed by atoms with van der Waals surface area (Å²) in [5.74, 6) is 0.547. The molecule has 1 amide bonds. The van der Waals surface area contributed by atoms with Gasteiger partial charge in [0, 0.05) is 5.92 Å². The standard InChI is InChI=1S/C20H22F3N3O3/c1-11-6-13(4-5-17(11)28-3)14-7-15(14)19(27)26-12(2)16-8-25-18(9-24-16)29-10-20(21,22)23/h4-6,8-9,12,14-15H,7,10H2,1-3H3,(H,26,27)/t12?,14-,15+/m1/s1. The van der Waals surface area contributed by atoms with Crippen LogP contribution in [-0.2, 0) is 4.79 Å². The highest BCUT2D eigenvalue weighted by molar-refractivity contribution is 5.83. The van der Waals surface area contributed by atoms with Crippen LogP contribution in [0, 0.1) is 12.8 Å². The van der Waals surface area contributed by atoms with E-state index >= 15 is 0 Å². The molecule has 1 aliphatic carbocycles. The summed E-state index contributed by atoms with van der Waals surface area (Å²) in [7, 11) is 1.62. The number of carbonyl (C=O) groups excluding carboxylic acids is 1. The van der Waals surface area contributed by atoms with E-state index in [1.54, 1.807) is 14.0 Å². The second kappa shape index (κ2) is 8.26. The third kappa shape index (κ3) is 5.36. The summed E-state index contributed by atoms with van der Waals surface area (Å²) in [6.45, 7) is 2.27. The molecule has 1 heterocycles. The van der Waals surface area contributed by atoms with Gasteiger partial charge in [-0.1, -0.05) is 12.1 Å². The molecular weight excluding hydrogens is 387 g/mol. The molecule has 1 aliphatic rings. The third-order valence-corrected chi connectivity index (χ3v) is 4.81. The molecule has 1 aromatic heterocycles. The van der Waals surface area contributed by atoms with E-state index in [4.69, 9.17) is 4.74 Å². The molecule has 0 bridgehead atoms. The quantitative estimate of drug-likeness (QED) is 0.755. The van der Waals surface area contributed by atoms with Gasteiger partial charge < -0.3 is 14.8 Å². The van der Waals surface area contributed by atoms with Crippen molar-refractivity contribution in [3.05, 3.63) is 47.4 Å². The van der Waals surface area contributed by atoms with Gasteiger partial charge in [-0.2, -0.15) is 13.2 Å². The van der Waals surface area contributed by atoms with Crippen molar-refractivity contribution in [2.45, 2.75) is 38.4 Å². The average Bonchev–Trinajstić information content (AvgIpc) is 3.47. The molecule has 2 aromatic rings. The van der Waals surface area contributed by atoms with E-state index in [1.807, 2.05) is 25.1 Å². The number of nitrogens with one attached hydrogen (secondary N) is 1. The summed E-state index contributed by atoms with van der Waals surface area (Å²) in [5, 5.41) is 2.88. The van der Waals surface area contributed by atoms with Crippen molar-refractivity contribution in [2.75, 3.05) is 13.7 Å². The lowest BCUT2D eigenvalue weighted by Crippen LogP contribution is -2.29. The van der Waals surface area contributed by atoms with Gasteiger partial charge in [0.05, 0.1) is 31.2 Å². The van der Waals surface area contributed by atoms with Crippen LogP contribution in [0.2, 0.25) is 0 Å². The molecule has 0 spiro atoms. The second-order valence-corrected chi connectivity index (χ2v) is 7.09. The lowest BCUT2D eigenvalue weighted by atomic mass is 10.1. The number of halogens is 3. The largest absolute Gasteiger partial charge is 0.496 e. The van der Waals surface area contributed by atoms with Gasteiger partial charge in [0.25, 0.3) is 0 Å². The molecule has 1 fully saturated rings. The lowest BCUT2D eigenvalue weighted by molar-refractivity contribution is -0.154. The van der Waals surface area contributed by atoms with E-state index in [2.05, 4.69) is 20.0 Å². The second-order valence-electron chi connectivity index (χ2n) is 7.09. The van der Waals surface area contributed by atoms with Gasteiger partial charge in [0.2, 0.25) is 11.8 Å².